The maximum absolute atomic E-state index is 5.66. The first-order valence-corrected chi connectivity index (χ1v) is 6.83. The zero-order valence-electron chi connectivity index (χ0n) is 11.6. The van der Waals surface area contributed by atoms with Crippen LogP contribution in [0.1, 0.15) is 49.3 Å². The number of furan rings is 1. The van der Waals surface area contributed by atoms with Gasteiger partial charge in [-0.1, -0.05) is 6.92 Å². The van der Waals surface area contributed by atoms with E-state index in [0.717, 1.165) is 43.9 Å². The minimum atomic E-state index is 0.239. The van der Waals surface area contributed by atoms with Crippen LogP contribution in [0.25, 0.3) is 0 Å². The van der Waals surface area contributed by atoms with Crippen molar-refractivity contribution >= 4 is 0 Å². The summed E-state index contributed by atoms with van der Waals surface area (Å²) in [6.45, 7) is 8.06. The van der Waals surface area contributed by atoms with Gasteiger partial charge in [-0.05, 0) is 51.3 Å². The molecule has 3 nitrogen and oxygen atoms in total. The fourth-order valence-electron chi connectivity index (χ4n) is 2.46. The van der Waals surface area contributed by atoms with Crippen molar-refractivity contribution in [1.82, 2.24) is 5.32 Å². The van der Waals surface area contributed by atoms with E-state index < -0.39 is 0 Å². The Labute approximate surface area is 109 Å². The van der Waals surface area contributed by atoms with Crippen molar-refractivity contribution < 1.29 is 9.15 Å². The molecule has 1 aromatic rings. The highest BCUT2D eigenvalue weighted by molar-refractivity contribution is 5.31. The van der Waals surface area contributed by atoms with Gasteiger partial charge in [-0.3, -0.25) is 0 Å². The van der Waals surface area contributed by atoms with Crippen LogP contribution in [0, 0.1) is 13.8 Å². The molecule has 100 valence electrons. The van der Waals surface area contributed by atoms with E-state index in [1.165, 1.54) is 11.1 Å². The van der Waals surface area contributed by atoms with Crippen LogP contribution < -0.4 is 5.32 Å². The van der Waals surface area contributed by atoms with Gasteiger partial charge in [0.15, 0.2) is 0 Å². The predicted octanol–water partition coefficient (Wildman–Crippen LogP) is 3.63. The van der Waals surface area contributed by atoms with Crippen molar-refractivity contribution in [2.75, 3.05) is 13.2 Å². The van der Waals surface area contributed by atoms with Crippen molar-refractivity contribution in [2.24, 2.45) is 0 Å². The first-order valence-electron chi connectivity index (χ1n) is 6.83. The number of ether oxygens (including phenoxy) is 1. The lowest BCUT2D eigenvalue weighted by atomic mass is 9.95. The van der Waals surface area contributed by atoms with E-state index in [-0.39, 0.29) is 6.04 Å². The van der Waals surface area contributed by atoms with E-state index in [1.54, 1.807) is 0 Å². The topological polar surface area (TPSA) is 34.4 Å². The minimum Gasteiger partial charge on any atom is -0.501 e. The van der Waals surface area contributed by atoms with Crippen molar-refractivity contribution in [2.45, 2.75) is 46.1 Å². The number of rotatable bonds is 5. The Bertz CT molecular complexity index is 420. The second-order valence-corrected chi connectivity index (χ2v) is 4.92. The van der Waals surface area contributed by atoms with Gasteiger partial charge in [0.05, 0.1) is 18.9 Å². The molecule has 2 heterocycles. The van der Waals surface area contributed by atoms with Crippen molar-refractivity contribution in [1.29, 1.82) is 0 Å². The highest BCUT2D eigenvalue weighted by Gasteiger charge is 2.22. The maximum atomic E-state index is 5.66. The summed E-state index contributed by atoms with van der Waals surface area (Å²) in [7, 11) is 0. The smallest absolute Gasteiger partial charge is 0.106 e. The molecule has 0 spiro atoms. The van der Waals surface area contributed by atoms with E-state index in [1.807, 2.05) is 20.1 Å². The summed E-state index contributed by atoms with van der Waals surface area (Å²) in [5.74, 6) is 1.98. The number of nitrogens with one attached hydrogen (secondary N) is 1. The fraction of sp³-hybridized carbons (Fsp3) is 0.600. The molecule has 3 heteroatoms. The average Bonchev–Trinajstić information content (AvgIpc) is 2.70. The van der Waals surface area contributed by atoms with Gasteiger partial charge < -0.3 is 14.5 Å². The third-order valence-electron chi connectivity index (χ3n) is 3.32. The average molecular weight is 249 g/mol. The highest BCUT2D eigenvalue weighted by Crippen LogP contribution is 2.31. The van der Waals surface area contributed by atoms with Crippen LogP contribution >= 0.6 is 0 Å². The largest absolute Gasteiger partial charge is 0.501 e. The molecule has 1 aliphatic heterocycles. The zero-order chi connectivity index (χ0) is 13.0. The molecule has 1 atom stereocenters. The van der Waals surface area contributed by atoms with Crippen LogP contribution in [0.2, 0.25) is 0 Å². The standard InChI is InChI=1S/C15H23NO2/c1-4-7-16-15(13-6-5-8-17-10-13)14-9-11(2)18-12(14)3/h9-10,15-16H,4-8H2,1-3H3. The van der Waals surface area contributed by atoms with Crippen molar-refractivity contribution in [3.05, 3.63) is 35.0 Å². The molecule has 0 amide bonds. The number of hydrogen-bond acceptors (Lipinski definition) is 3. The molecule has 1 N–H and O–H groups in total. The third kappa shape index (κ3) is 2.96. The second-order valence-electron chi connectivity index (χ2n) is 4.92. The van der Waals surface area contributed by atoms with E-state index in [4.69, 9.17) is 9.15 Å². The maximum Gasteiger partial charge on any atom is 0.106 e. The SMILES string of the molecule is CCCNC(C1=COCCC1)c1cc(C)oc1C. The molecule has 0 fully saturated rings. The van der Waals surface area contributed by atoms with E-state index in [0.29, 0.717) is 0 Å². The summed E-state index contributed by atoms with van der Waals surface area (Å²) in [4.78, 5) is 0. The van der Waals surface area contributed by atoms with Crippen molar-refractivity contribution in [3.63, 3.8) is 0 Å². The van der Waals surface area contributed by atoms with Crippen LogP contribution in [0.3, 0.4) is 0 Å². The first kappa shape index (κ1) is 13.2. The van der Waals surface area contributed by atoms with Gasteiger partial charge in [0.1, 0.15) is 11.5 Å². The van der Waals surface area contributed by atoms with Crippen LogP contribution in [0.5, 0.6) is 0 Å². The van der Waals surface area contributed by atoms with Gasteiger partial charge in [0.25, 0.3) is 0 Å². The molecule has 0 aliphatic carbocycles. The van der Waals surface area contributed by atoms with Gasteiger partial charge in [-0.2, -0.15) is 0 Å². The molecule has 2 rings (SSSR count). The lowest BCUT2D eigenvalue weighted by molar-refractivity contribution is 0.219. The summed E-state index contributed by atoms with van der Waals surface area (Å²) in [5, 5.41) is 3.60. The molecule has 0 saturated heterocycles. The fourth-order valence-corrected chi connectivity index (χ4v) is 2.46. The summed E-state index contributed by atoms with van der Waals surface area (Å²) >= 11 is 0. The Balaban J connectivity index is 2.23. The molecular weight excluding hydrogens is 226 g/mol. The summed E-state index contributed by atoms with van der Waals surface area (Å²) < 4.78 is 11.1. The van der Waals surface area contributed by atoms with Crippen molar-refractivity contribution in [3.8, 4) is 0 Å². The monoisotopic (exact) mass is 249 g/mol. The molecule has 1 aromatic heterocycles. The Hall–Kier alpha value is -1.22. The predicted molar refractivity (Wildman–Crippen MR) is 72.5 cm³/mol. The summed E-state index contributed by atoms with van der Waals surface area (Å²) in [6, 6.07) is 2.38. The second kappa shape index (κ2) is 6.10. The van der Waals surface area contributed by atoms with Crippen LogP contribution in [-0.2, 0) is 4.74 Å². The summed E-state index contributed by atoms with van der Waals surface area (Å²) in [5.41, 5.74) is 2.58. The summed E-state index contributed by atoms with van der Waals surface area (Å²) in [6.07, 6.45) is 5.26. The highest BCUT2D eigenvalue weighted by atomic mass is 16.5. The van der Waals surface area contributed by atoms with E-state index >= 15 is 0 Å². The van der Waals surface area contributed by atoms with Gasteiger partial charge in [-0.15, -0.1) is 0 Å². The Morgan fingerprint density at radius 2 is 2.22 bits per heavy atom. The quantitative estimate of drug-likeness (QED) is 0.865. The molecule has 1 unspecified atom stereocenters. The minimum absolute atomic E-state index is 0.239. The van der Waals surface area contributed by atoms with Gasteiger partial charge in [0.2, 0.25) is 0 Å². The van der Waals surface area contributed by atoms with Crippen LogP contribution in [0.15, 0.2) is 22.3 Å². The van der Waals surface area contributed by atoms with Gasteiger partial charge >= 0.3 is 0 Å². The Morgan fingerprint density at radius 1 is 1.39 bits per heavy atom. The van der Waals surface area contributed by atoms with Gasteiger partial charge in [0, 0.05) is 5.56 Å². The lowest BCUT2D eigenvalue weighted by Crippen LogP contribution is -2.25. The van der Waals surface area contributed by atoms with Crippen LogP contribution in [0.4, 0.5) is 0 Å². The Kier molecular flexibility index (Phi) is 4.48. The van der Waals surface area contributed by atoms with Gasteiger partial charge in [-0.25, -0.2) is 0 Å². The third-order valence-corrected chi connectivity index (χ3v) is 3.32. The number of aryl methyl sites for hydroxylation is 2. The molecule has 0 aromatic carbocycles. The first-order chi connectivity index (χ1) is 8.72. The molecule has 1 aliphatic rings. The lowest BCUT2D eigenvalue weighted by Gasteiger charge is -2.24. The van der Waals surface area contributed by atoms with E-state index in [2.05, 4.69) is 18.3 Å². The Morgan fingerprint density at radius 3 is 2.78 bits per heavy atom. The van der Waals surface area contributed by atoms with E-state index in [9.17, 15) is 0 Å². The molecule has 0 saturated carbocycles. The zero-order valence-corrected chi connectivity index (χ0v) is 11.6. The number of hydrogen-bond donors (Lipinski definition) is 1. The molecule has 0 bridgehead atoms. The molecule has 0 radical (unpaired) electrons. The normalized spacial score (nSPS) is 17.2. The molecular formula is C15H23NO2. The van der Waals surface area contributed by atoms with Crippen LogP contribution in [-0.4, -0.2) is 13.2 Å². The molecule has 18 heavy (non-hydrogen) atoms.